The number of pyridine rings is 1. The van der Waals surface area contributed by atoms with E-state index in [1.807, 2.05) is 0 Å². The first-order chi connectivity index (χ1) is 9.47. The fraction of sp³-hybridized carbons (Fsp3) is 0.154. The van der Waals surface area contributed by atoms with Crippen LogP contribution in [0.1, 0.15) is 0 Å². The summed E-state index contributed by atoms with van der Waals surface area (Å²) < 4.78 is 10.7. The molecule has 106 valence electrons. The zero-order valence-electron chi connectivity index (χ0n) is 10.3. The summed E-state index contributed by atoms with van der Waals surface area (Å²) in [6.07, 6.45) is 1.63. The molecule has 0 fully saturated rings. The first-order valence-electron chi connectivity index (χ1n) is 5.70. The lowest BCUT2D eigenvalue weighted by molar-refractivity contribution is 0.292. The minimum Gasteiger partial charge on any atom is -0.490 e. The molecule has 1 aromatic heterocycles. The second-order valence-electron chi connectivity index (χ2n) is 4.04. The fourth-order valence-corrected chi connectivity index (χ4v) is 5.53. The molecule has 0 saturated carbocycles. The number of hydrogen-bond acceptors (Lipinski definition) is 3. The molecule has 2 aromatic rings. The van der Waals surface area contributed by atoms with Crippen LogP contribution < -0.4 is 16.0 Å². The standard InChI is InChI=1S/C13H11I3N2O2/c14-8-5-10(15)13(11(16)6-8)20-4-3-18-7-9(17)1-2-12(18)19/h1-2,5-7H,3-4,17H2. The van der Waals surface area contributed by atoms with E-state index in [4.69, 9.17) is 10.5 Å². The Morgan fingerprint density at radius 1 is 1.15 bits per heavy atom. The Morgan fingerprint density at radius 2 is 1.80 bits per heavy atom. The zero-order valence-corrected chi connectivity index (χ0v) is 16.7. The van der Waals surface area contributed by atoms with E-state index in [0.717, 1.165) is 12.9 Å². The summed E-state index contributed by atoms with van der Waals surface area (Å²) in [5.41, 5.74) is 6.17. The van der Waals surface area contributed by atoms with E-state index in [-0.39, 0.29) is 5.56 Å². The molecule has 0 unspecified atom stereocenters. The molecule has 2 N–H and O–H groups in total. The summed E-state index contributed by atoms with van der Waals surface area (Å²) in [7, 11) is 0. The summed E-state index contributed by atoms with van der Waals surface area (Å²) in [5.74, 6) is 0.864. The average Bonchev–Trinajstić information content (AvgIpc) is 2.36. The molecule has 0 aliphatic carbocycles. The first-order valence-corrected chi connectivity index (χ1v) is 8.94. The van der Waals surface area contributed by atoms with Crippen molar-refractivity contribution in [3.05, 3.63) is 51.5 Å². The second kappa shape index (κ2) is 7.29. The number of nitrogens with zero attached hydrogens (tertiary/aromatic N) is 1. The van der Waals surface area contributed by atoms with Crippen molar-refractivity contribution in [1.29, 1.82) is 0 Å². The van der Waals surface area contributed by atoms with Crippen LogP contribution in [0.4, 0.5) is 5.69 Å². The monoisotopic (exact) mass is 608 g/mol. The van der Waals surface area contributed by atoms with Gasteiger partial charge in [0, 0.05) is 21.5 Å². The Kier molecular flexibility index (Phi) is 5.95. The Labute approximate surface area is 157 Å². The van der Waals surface area contributed by atoms with Gasteiger partial charge in [0.1, 0.15) is 12.4 Å². The van der Waals surface area contributed by atoms with Crippen molar-refractivity contribution in [2.45, 2.75) is 6.54 Å². The molecule has 0 radical (unpaired) electrons. The van der Waals surface area contributed by atoms with Crippen LogP contribution in [0.25, 0.3) is 0 Å². The van der Waals surface area contributed by atoms with Gasteiger partial charge in [0.25, 0.3) is 5.56 Å². The van der Waals surface area contributed by atoms with Gasteiger partial charge in [-0.05, 0) is 86.0 Å². The van der Waals surface area contributed by atoms with Crippen molar-refractivity contribution in [2.24, 2.45) is 0 Å². The van der Waals surface area contributed by atoms with E-state index in [1.54, 1.807) is 16.8 Å². The minimum absolute atomic E-state index is 0.0743. The minimum atomic E-state index is -0.0743. The van der Waals surface area contributed by atoms with Crippen molar-refractivity contribution in [3.63, 3.8) is 0 Å². The molecule has 0 atom stereocenters. The molecule has 0 amide bonds. The zero-order chi connectivity index (χ0) is 14.7. The Morgan fingerprint density at radius 3 is 2.45 bits per heavy atom. The van der Waals surface area contributed by atoms with E-state index in [2.05, 4.69) is 79.9 Å². The second-order valence-corrected chi connectivity index (χ2v) is 7.61. The van der Waals surface area contributed by atoms with E-state index in [0.29, 0.717) is 18.8 Å². The number of hydrogen-bond donors (Lipinski definition) is 1. The Hall–Kier alpha value is -0.0400. The van der Waals surface area contributed by atoms with Crippen LogP contribution in [-0.2, 0) is 6.54 Å². The normalized spacial score (nSPS) is 10.6. The largest absolute Gasteiger partial charge is 0.490 e. The van der Waals surface area contributed by atoms with Gasteiger partial charge in [0.15, 0.2) is 0 Å². The topological polar surface area (TPSA) is 57.2 Å². The predicted molar refractivity (Wildman–Crippen MR) is 105 cm³/mol. The lowest BCUT2D eigenvalue weighted by Crippen LogP contribution is -2.22. The third-order valence-electron chi connectivity index (χ3n) is 2.55. The summed E-state index contributed by atoms with van der Waals surface area (Å²) in [6.45, 7) is 0.901. The maximum Gasteiger partial charge on any atom is 0.250 e. The maximum absolute atomic E-state index is 11.6. The average molecular weight is 608 g/mol. The van der Waals surface area contributed by atoms with E-state index in [9.17, 15) is 4.79 Å². The van der Waals surface area contributed by atoms with Crippen molar-refractivity contribution >= 4 is 73.5 Å². The molecular formula is C13H11I3N2O2. The molecule has 0 aliphatic rings. The number of halogens is 3. The van der Waals surface area contributed by atoms with E-state index < -0.39 is 0 Å². The number of benzene rings is 1. The number of nitrogen functional groups attached to an aromatic ring is 1. The van der Waals surface area contributed by atoms with Gasteiger partial charge < -0.3 is 15.0 Å². The SMILES string of the molecule is Nc1ccc(=O)n(CCOc2c(I)cc(I)cc2I)c1. The van der Waals surface area contributed by atoms with Crippen molar-refractivity contribution in [3.8, 4) is 5.75 Å². The maximum atomic E-state index is 11.6. The van der Waals surface area contributed by atoms with Crippen LogP contribution in [0.3, 0.4) is 0 Å². The number of anilines is 1. The van der Waals surface area contributed by atoms with Crippen LogP contribution >= 0.6 is 67.8 Å². The van der Waals surface area contributed by atoms with Crippen LogP contribution in [0.15, 0.2) is 35.3 Å². The van der Waals surface area contributed by atoms with Gasteiger partial charge in [-0.15, -0.1) is 0 Å². The number of nitrogens with two attached hydrogens (primary N) is 1. The summed E-state index contributed by atoms with van der Waals surface area (Å²) >= 11 is 6.79. The van der Waals surface area contributed by atoms with Gasteiger partial charge in [-0.25, -0.2) is 0 Å². The van der Waals surface area contributed by atoms with Gasteiger partial charge in [-0.1, -0.05) is 0 Å². The number of rotatable bonds is 4. The molecule has 0 saturated heterocycles. The molecule has 7 heteroatoms. The third kappa shape index (κ3) is 4.23. The van der Waals surface area contributed by atoms with E-state index >= 15 is 0 Å². The molecule has 0 spiro atoms. The Bertz CT molecular complexity index is 663. The van der Waals surface area contributed by atoms with Crippen LogP contribution in [-0.4, -0.2) is 11.2 Å². The van der Waals surface area contributed by atoms with E-state index in [1.165, 1.54) is 9.64 Å². The smallest absolute Gasteiger partial charge is 0.250 e. The molecule has 0 aliphatic heterocycles. The Balaban J connectivity index is 2.07. The number of aromatic nitrogens is 1. The summed E-state index contributed by atoms with van der Waals surface area (Å²) in [6, 6.07) is 7.19. The predicted octanol–water partition coefficient (Wildman–Crippen LogP) is 3.32. The first kappa shape index (κ1) is 16.3. The van der Waals surface area contributed by atoms with Crippen LogP contribution in [0, 0.1) is 10.7 Å². The van der Waals surface area contributed by atoms with Gasteiger partial charge >= 0.3 is 0 Å². The highest BCUT2D eigenvalue weighted by molar-refractivity contribution is 14.1. The highest BCUT2D eigenvalue weighted by atomic mass is 127. The van der Waals surface area contributed by atoms with Gasteiger partial charge in [-0.2, -0.15) is 0 Å². The van der Waals surface area contributed by atoms with Crippen LogP contribution in [0.5, 0.6) is 5.75 Å². The number of ether oxygens (including phenoxy) is 1. The quantitative estimate of drug-likeness (QED) is 0.543. The molecule has 0 bridgehead atoms. The molecule has 20 heavy (non-hydrogen) atoms. The fourth-order valence-electron chi connectivity index (χ4n) is 1.64. The van der Waals surface area contributed by atoms with Crippen molar-refractivity contribution in [1.82, 2.24) is 4.57 Å². The van der Waals surface area contributed by atoms with Gasteiger partial charge in [0.05, 0.1) is 13.7 Å². The third-order valence-corrected chi connectivity index (χ3v) is 4.77. The molecule has 4 nitrogen and oxygen atoms in total. The molecular weight excluding hydrogens is 597 g/mol. The molecule has 2 rings (SSSR count). The van der Waals surface area contributed by atoms with Crippen molar-refractivity contribution < 1.29 is 4.74 Å². The van der Waals surface area contributed by atoms with Gasteiger partial charge in [-0.3, -0.25) is 4.79 Å². The van der Waals surface area contributed by atoms with Crippen molar-refractivity contribution in [2.75, 3.05) is 12.3 Å². The molecule has 1 heterocycles. The van der Waals surface area contributed by atoms with Gasteiger partial charge in [0.2, 0.25) is 0 Å². The highest BCUT2D eigenvalue weighted by Gasteiger charge is 2.08. The molecule has 1 aromatic carbocycles. The highest BCUT2D eigenvalue weighted by Crippen LogP contribution is 2.29. The van der Waals surface area contributed by atoms with Crippen LogP contribution in [0.2, 0.25) is 0 Å². The lowest BCUT2D eigenvalue weighted by atomic mass is 10.3. The lowest BCUT2D eigenvalue weighted by Gasteiger charge is -2.12. The summed E-state index contributed by atoms with van der Waals surface area (Å²) in [4.78, 5) is 11.6. The summed E-state index contributed by atoms with van der Waals surface area (Å²) in [5, 5.41) is 0.